The van der Waals surface area contributed by atoms with E-state index in [1.807, 2.05) is 45.9 Å². The number of carboxylic acid groups (broad SMARTS) is 1. The van der Waals surface area contributed by atoms with Gasteiger partial charge in [-0.3, -0.25) is 4.79 Å². The fourth-order valence-corrected chi connectivity index (χ4v) is 3.58. The van der Waals surface area contributed by atoms with Crippen LogP contribution in [0.4, 0.5) is 0 Å². The molecule has 0 aliphatic carbocycles. The summed E-state index contributed by atoms with van der Waals surface area (Å²) in [5.41, 5.74) is 5.64. The fourth-order valence-electron chi connectivity index (χ4n) is 3.58. The summed E-state index contributed by atoms with van der Waals surface area (Å²) >= 11 is 0. The molecular formula is C22H25NO4. The molecule has 0 radical (unpaired) electrons. The van der Waals surface area contributed by atoms with Gasteiger partial charge in [0.05, 0.1) is 25.3 Å². The van der Waals surface area contributed by atoms with Gasteiger partial charge < -0.3 is 19.6 Å². The minimum absolute atomic E-state index is 0.0452. The SMILES string of the molecule is CCOc1ccc(-c2[nH]c3cc(C)cc(C)c3c2CC(=O)O)cc1OCC. The zero-order valence-corrected chi connectivity index (χ0v) is 16.2. The zero-order chi connectivity index (χ0) is 19.6. The number of rotatable bonds is 7. The molecule has 142 valence electrons. The summed E-state index contributed by atoms with van der Waals surface area (Å²) in [5.74, 6) is 0.490. The Balaban J connectivity index is 2.22. The molecule has 0 spiro atoms. The molecular weight excluding hydrogens is 342 g/mol. The van der Waals surface area contributed by atoms with E-state index < -0.39 is 5.97 Å². The van der Waals surface area contributed by atoms with Crippen molar-refractivity contribution in [3.05, 3.63) is 47.0 Å². The molecule has 0 aliphatic heterocycles. The first-order valence-corrected chi connectivity index (χ1v) is 9.18. The highest BCUT2D eigenvalue weighted by Gasteiger charge is 2.19. The van der Waals surface area contributed by atoms with Gasteiger partial charge in [-0.15, -0.1) is 0 Å². The van der Waals surface area contributed by atoms with E-state index in [1.165, 1.54) is 0 Å². The van der Waals surface area contributed by atoms with Crippen LogP contribution in [0.2, 0.25) is 0 Å². The van der Waals surface area contributed by atoms with Crippen molar-refractivity contribution in [1.29, 1.82) is 0 Å². The third-order valence-electron chi connectivity index (χ3n) is 4.50. The van der Waals surface area contributed by atoms with Gasteiger partial charge in [-0.05, 0) is 68.7 Å². The molecule has 0 unspecified atom stereocenters. The van der Waals surface area contributed by atoms with E-state index in [9.17, 15) is 9.90 Å². The minimum atomic E-state index is -0.854. The Morgan fingerprint density at radius 2 is 1.74 bits per heavy atom. The Morgan fingerprint density at radius 3 is 2.41 bits per heavy atom. The van der Waals surface area contributed by atoms with Crippen molar-refractivity contribution in [2.45, 2.75) is 34.1 Å². The lowest BCUT2D eigenvalue weighted by Gasteiger charge is -2.13. The number of hydrogen-bond acceptors (Lipinski definition) is 3. The highest BCUT2D eigenvalue weighted by Crippen LogP contribution is 2.37. The van der Waals surface area contributed by atoms with Crippen LogP contribution in [0.5, 0.6) is 11.5 Å². The Kier molecular flexibility index (Phi) is 5.40. The van der Waals surface area contributed by atoms with Crippen LogP contribution in [0.1, 0.15) is 30.5 Å². The number of aryl methyl sites for hydroxylation is 2. The van der Waals surface area contributed by atoms with Crippen LogP contribution in [-0.2, 0) is 11.2 Å². The van der Waals surface area contributed by atoms with Crippen molar-refractivity contribution in [2.75, 3.05) is 13.2 Å². The molecule has 0 amide bonds. The van der Waals surface area contributed by atoms with Crippen molar-refractivity contribution in [3.63, 3.8) is 0 Å². The van der Waals surface area contributed by atoms with Crippen molar-refractivity contribution in [2.24, 2.45) is 0 Å². The van der Waals surface area contributed by atoms with E-state index in [4.69, 9.17) is 9.47 Å². The highest BCUT2D eigenvalue weighted by atomic mass is 16.5. The quantitative estimate of drug-likeness (QED) is 0.624. The first-order chi connectivity index (χ1) is 12.9. The van der Waals surface area contributed by atoms with Gasteiger partial charge >= 0.3 is 5.97 Å². The third kappa shape index (κ3) is 3.77. The average molecular weight is 367 g/mol. The number of nitrogens with one attached hydrogen (secondary N) is 1. The monoisotopic (exact) mass is 367 g/mol. The van der Waals surface area contributed by atoms with Gasteiger partial charge in [0, 0.05) is 16.5 Å². The van der Waals surface area contributed by atoms with E-state index in [0.717, 1.165) is 38.9 Å². The van der Waals surface area contributed by atoms with E-state index >= 15 is 0 Å². The molecule has 0 saturated heterocycles. The van der Waals surface area contributed by atoms with Crippen molar-refractivity contribution in [1.82, 2.24) is 4.98 Å². The van der Waals surface area contributed by atoms with Gasteiger partial charge in [0.1, 0.15) is 0 Å². The highest BCUT2D eigenvalue weighted by molar-refractivity contribution is 5.96. The molecule has 3 rings (SSSR count). The number of aliphatic carboxylic acids is 1. The van der Waals surface area contributed by atoms with Crippen LogP contribution in [-0.4, -0.2) is 29.3 Å². The number of carboxylic acids is 1. The van der Waals surface area contributed by atoms with Crippen molar-refractivity contribution in [3.8, 4) is 22.8 Å². The predicted octanol–water partition coefficient (Wildman–Crippen LogP) is 4.88. The number of aromatic nitrogens is 1. The van der Waals surface area contributed by atoms with Gasteiger partial charge in [0.2, 0.25) is 0 Å². The normalized spacial score (nSPS) is 11.0. The molecule has 5 nitrogen and oxygen atoms in total. The van der Waals surface area contributed by atoms with Gasteiger partial charge in [0.25, 0.3) is 0 Å². The molecule has 0 fully saturated rings. The van der Waals surface area contributed by atoms with Crippen LogP contribution < -0.4 is 9.47 Å². The van der Waals surface area contributed by atoms with E-state index in [-0.39, 0.29) is 6.42 Å². The Morgan fingerprint density at radius 1 is 1.04 bits per heavy atom. The number of carbonyl (C=O) groups is 1. The maximum atomic E-state index is 11.5. The second-order valence-electron chi connectivity index (χ2n) is 6.58. The molecule has 2 aromatic carbocycles. The van der Waals surface area contributed by atoms with Gasteiger partial charge in [0.15, 0.2) is 11.5 Å². The molecule has 0 saturated carbocycles. The second kappa shape index (κ2) is 7.74. The van der Waals surface area contributed by atoms with Crippen molar-refractivity contribution >= 4 is 16.9 Å². The number of ether oxygens (including phenoxy) is 2. The molecule has 0 bridgehead atoms. The van der Waals surface area contributed by atoms with Crippen LogP contribution in [0, 0.1) is 13.8 Å². The zero-order valence-electron chi connectivity index (χ0n) is 16.2. The van der Waals surface area contributed by atoms with Gasteiger partial charge in [-0.25, -0.2) is 0 Å². The van der Waals surface area contributed by atoms with Crippen LogP contribution in [0.25, 0.3) is 22.2 Å². The standard InChI is InChI=1S/C22H25NO4/c1-5-26-18-8-7-15(11-19(18)27-6-2)22-16(12-20(24)25)21-14(4)9-13(3)10-17(21)23-22/h7-11,23H,5-6,12H2,1-4H3,(H,24,25). The summed E-state index contributed by atoms with van der Waals surface area (Å²) in [6, 6.07) is 9.85. The second-order valence-corrected chi connectivity index (χ2v) is 6.58. The summed E-state index contributed by atoms with van der Waals surface area (Å²) in [5, 5.41) is 10.4. The Bertz CT molecular complexity index is 988. The lowest BCUT2D eigenvalue weighted by Crippen LogP contribution is -2.02. The average Bonchev–Trinajstić information content (AvgIpc) is 2.94. The lowest BCUT2D eigenvalue weighted by atomic mass is 9.98. The molecule has 27 heavy (non-hydrogen) atoms. The Hall–Kier alpha value is -2.95. The maximum absolute atomic E-state index is 11.5. The fraction of sp³-hybridized carbons (Fsp3) is 0.318. The molecule has 0 atom stereocenters. The summed E-state index contributed by atoms with van der Waals surface area (Å²) < 4.78 is 11.4. The number of hydrogen-bond donors (Lipinski definition) is 2. The number of aromatic amines is 1. The topological polar surface area (TPSA) is 71.6 Å². The smallest absolute Gasteiger partial charge is 0.307 e. The van der Waals surface area contributed by atoms with E-state index in [1.54, 1.807) is 0 Å². The molecule has 0 aliphatic rings. The van der Waals surface area contributed by atoms with Gasteiger partial charge in [-0.2, -0.15) is 0 Å². The largest absolute Gasteiger partial charge is 0.490 e. The third-order valence-corrected chi connectivity index (χ3v) is 4.50. The molecule has 3 aromatic rings. The van der Waals surface area contributed by atoms with E-state index in [2.05, 4.69) is 17.1 Å². The summed E-state index contributed by atoms with van der Waals surface area (Å²) in [7, 11) is 0. The molecule has 5 heteroatoms. The summed E-state index contributed by atoms with van der Waals surface area (Å²) in [6.45, 7) is 8.98. The maximum Gasteiger partial charge on any atom is 0.307 e. The first-order valence-electron chi connectivity index (χ1n) is 9.18. The molecule has 1 aromatic heterocycles. The van der Waals surface area contributed by atoms with Gasteiger partial charge in [-0.1, -0.05) is 6.07 Å². The summed E-state index contributed by atoms with van der Waals surface area (Å²) in [4.78, 5) is 15.0. The lowest BCUT2D eigenvalue weighted by molar-refractivity contribution is -0.136. The predicted molar refractivity (Wildman–Crippen MR) is 107 cm³/mol. The van der Waals surface area contributed by atoms with Crippen LogP contribution >= 0.6 is 0 Å². The molecule has 2 N–H and O–H groups in total. The number of H-pyrrole nitrogens is 1. The summed E-state index contributed by atoms with van der Waals surface area (Å²) in [6.07, 6.45) is -0.0452. The van der Waals surface area contributed by atoms with Crippen molar-refractivity contribution < 1.29 is 19.4 Å². The van der Waals surface area contributed by atoms with E-state index in [0.29, 0.717) is 24.7 Å². The number of benzene rings is 2. The van der Waals surface area contributed by atoms with Crippen LogP contribution in [0.15, 0.2) is 30.3 Å². The Labute approximate surface area is 158 Å². The number of fused-ring (bicyclic) bond motifs is 1. The minimum Gasteiger partial charge on any atom is -0.490 e. The molecule has 1 heterocycles. The van der Waals surface area contributed by atoms with Crippen LogP contribution in [0.3, 0.4) is 0 Å². The first kappa shape index (κ1) is 18.8.